The molecule has 0 unspecified atom stereocenters. The SMILES string of the molecule is CCN1C(=O)C(=O)c2cc3sccc3cc21. The van der Waals surface area contributed by atoms with E-state index in [1.165, 1.54) is 4.90 Å². The van der Waals surface area contributed by atoms with E-state index >= 15 is 0 Å². The van der Waals surface area contributed by atoms with Crippen LogP contribution in [0.2, 0.25) is 0 Å². The molecule has 1 aliphatic rings. The average Bonchev–Trinajstić information content (AvgIpc) is 2.82. The van der Waals surface area contributed by atoms with Crippen molar-refractivity contribution < 1.29 is 9.59 Å². The molecule has 0 spiro atoms. The summed E-state index contributed by atoms with van der Waals surface area (Å²) in [6.07, 6.45) is 0. The Labute approximate surface area is 96.3 Å². The van der Waals surface area contributed by atoms with E-state index < -0.39 is 5.91 Å². The van der Waals surface area contributed by atoms with Gasteiger partial charge in [-0.15, -0.1) is 11.3 Å². The Balaban J connectivity index is 2.32. The molecule has 4 heteroatoms. The first-order chi connectivity index (χ1) is 7.72. The standard InChI is InChI=1S/C12H9NO2S/c1-2-13-9-5-7-3-4-16-10(7)6-8(9)11(14)12(13)15/h3-6H,2H2,1H3. The highest BCUT2D eigenvalue weighted by molar-refractivity contribution is 7.17. The fraction of sp³-hybridized carbons (Fsp3) is 0.167. The Kier molecular flexibility index (Phi) is 1.88. The Hall–Kier alpha value is -1.68. The van der Waals surface area contributed by atoms with Gasteiger partial charge in [0.05, 0.1) is 11.3 Å². The summed E-state index contributed by atoms with van der Waals surface area (Å²) in [7, 11) is 0. The van der Waals surface area contributed by atoms with E-state index in [1.807, 2.05) is 30.5 Å². The Morgan fingerprint density at radius 3 is 2.88 bits per heavy atom. The van der Waals surface area contributed by atoms with Gasteiger partial charge in [-0.2, -0.15) is 0 Å². The molecule has 2 heterocycles. The maximum absolute atomic E-state index is 11.7. The predicted molar refractivity (Wildman–Crippen MR) is 64.2 cm³/mol. The zero-order chi connectivity index (χ0) is 11.3. The molecule has 0 saturated heterocycles. The van der Waals surface area contributed by atoms with Crippen molar-refractivity contribution in [1.29, 1.82) is 0 Å². The molecule has 0 saturated carbocycles. The fourth-order valence-electron chi connectivity index (χ4n) is 2.06. The first-order valence-corrected chi connectivity index (χ1v) is 5.97. The molecule has 1 aromatic heterocycles. The number of carbonyl (C=O) groups excluding carboxylic acids is 2. The molecule has 2 aromatic rings. The lowest BCUT2D eigenvalue weighted by atomic mass is 10.1. The largest absolute Gasteiger partial charge is 0.305 e. The van der Waals surface area contributed by atoms with Crippen LogP contribution in [0.3, 0.4) is 0 Å². The van der Waals surface area contributed by atoms with Crippen molar-refractivity contribution in [2.24, 2.45) is 0 Å². The van der Waals surface area contributed by atoms with E-state index in [2.05, 4.69) is 0 Å². The van der Waals surface area contributed by atoms with Crippen LogP contribution in [-0.2, 0) is 4.79 Å². The molecule has 0 fully saturated rings. The van der Waals surface area contributed by atoms with Gasteiger partial charge in [-0.3, -0.25) is 9.59 Å². The summed E-state index contributed by atoms with van der Waals surface area (Å²) in [4.78, 5) is 25.0. The quantitative estimate of drug-likeness (QED) is 0.707. The van der Waals surface area contributed by atoms with Crippen LogP contribution < -0.4 is 4.90 Å². The van der Waals surface area contributed by atoms with Gasteiger partial charge < -0.3 is 4.90 Å². The van der Waals surface area contributed by atoms with Gasteiger partial charge in [0.2, 0.25) is 0 Å². The minimum atomic E-state index is -0.407. The molecule has 16 heavy (non-hydrogen) atoms. The number of thiophene rings is 1. The van der Waals surface area contributed by atoms with Crippen molar-refractivity contribution in [2.75, 3.05) is 11.4 Å². The molecule has 1 amide bonds. The van der Waals surface area contributed by atoms with Crippen molar-refractivity contribution in [3.63, 3.8) is 0 Å². The smallest absolute Gasteiger partial charge is 0.299 e. The van der Waals surface area contributed by atoms with Gasteiger partial charge in [-0.1, -0.05) is 0 Å². The summed E-state index contributed by atoms with van der Waals surface area (Å²) >= 11 is 1.58. The van der Waals surface area contributed by atoms with Crippen LogP contribution in [0.4, 0.5) is 5.69 Å². The third-order valence-corrected chi connectivity index (χ3v) is 3.74. The summed E-state index contributed by atoms with van der Waals surface area (Å²) in [5.74, 6) is -0.790. The first kappa shape index (κ1) is 9.54. The number of rotatable bonds is 1. The van der Waals surface area contributed by atoms with Gasteiger partial charge in [0.1, 0.15) is 0 Å². The van der Waals surface area contributed by atoms with Crippen LogP contribution in [0.5, 0.6) is 0 Å². The Bertz CT molecular complexity index is 615. The fourth-order valence-corrected chi connectivity index (χ4v) is 2.87. The van der Waals surface area contributed by atoms with Gasteiger partial charge in [-0.25, -0.2) is 0 Å². The maximum atomic E-state index is 11.7. The van der Waals surface area contributed by atoms with Crippen LogP contribution in [0.15, 0.2) is 23.6 Å². The minimum absolute atomic E-state index is 0.382. The molecule has 0 radical (unpaired) electrons. The number of hydrogen-bond acceptors (Lipinski definition) is 3. The Morgan fingerprint density at radius 1 is 1.31 bits per heavy atom. The number of anilines is 1. The maximum Gasteiger partial charge on any atom is 0.299 e. The number of amides is 1. The monoisotopic (exact) mass is 231 g/mol. The molecule has 3 rings (SSSR count). The number of fused-ring (bicyclic) bond motifs is 2. The third kappa shape index (κ3) is 1.08. The lowest BCUT2D eigenvalue weighted by molar-refractivity contribution is -0.114. The van der Waals surface area contributed by atoms with Gasteiger partial charge in [0, 0.05) is 11.2 Å². The normalized spacial score (nSPS) is 14.9. The van der Waals surface area contributed by atoms with E-state index in [0.29, 0.717) is 12.1 Å². The van der Waals surface area contributed by atoms with E-state index in [0.717, 1.165) is 15.8 Å². The average molecular weight is 231 g/mol. The number of Topliss-reactive ketones (excluding diaryl/α,β-unsaturated/α-hetero) is 1. The van der Waals surface area contributed by atoms with Gasteiger partial charge in [0.25, 0.3) is 11.7 Å². The zero-order valence-corrected chi connectivity index (χ0v) is 9.50. The molecule has 0 N–H and O–H groups in total. The van der Waals surface area contributed by atoms with Crippen LogP contribution in [0.25, 0.3) is 10.1 Å². The molecule has 80 valence electrons. The summed E-state index contributed by atoms with van der Waals surface area (Å²) < 4.78 is 1.05. The highest BCUT2D eigenvalue weighted by Gasteiger charge is 2.35. The van der Waals surface area contributed by atoms with Gasteiger partial charge >= 0.3 is 0 Å². The first-order valence-electron chi connectivity index (χ1n) is 5.10. The number of ketones is 1. The number of carbonyl (C=O) groups is 2. The van der Waals surface area contributed by atoms with Crippen molar-refractivity contribution in [3.8, 4) is 0 Å². The molecular formula is C12H9NO2S. The molecule has 0 atom stereocenters. The molecule has 0 bridgehead atoms. The van der Waals surface area contributed by atoms with E-state index in [4.69, 9.17) is 0 Å². The lowest BCUT2D eigenvalue weighted by Gasteiger charge is -2.12. The molecular weight excluding hydrogens is 222 g/mol. The van der Waals surface area contributed by atoms with Crippen molar-refractivity contribution >= 4 is 38.8 Å². The number of benzene rings is 1. The van der Waals surface area contributed by atoms with Crippen molar-refractivity contribution in [3.05, 3.63) is 29.1 Å². The van der Waals surface area contributed by atoms with E-state index in [9.17, 15) is 9.59 Å². The number of nitrogens with zero attached hydrogens (tertiary/aromatic N) is 1. The lowest BCUT2D eigenvalue weighted by Crippen LogP contribution is -2.29. The van der Waals surface area contributed by atoms with Crippen LogP contribution >= 0.6 is 11.3 Å². The van der Waals surface area contributed by atoms with Crippen LogP contribution in [0, 0.1) is 0 Å². The van der Waals surface area contributed by atoms with Gasteiger partial charge in [-0.05, 0) is 35.9 Å². The summed E-state index contributed by atoms with van der Waals surface area (Å²) in [5, 5.41) is 3.08. The minimum Gasteiger partial charge on any atom is -0.305 e. The molecule has 1 aromatic carbocycles. The summed E-state index contributed by atoms with van der Waals surface area (Å²) in [6, 6.07) is 5.75. The van der Waals surface area contributed by atoms with E-state index in [1.54, 1.807) is 11.3 Å². The second-order valence-electron chi connectivity index (χ2n) is 3.71. The number of likely N-dealkylation sites (N-methyl/N-ethyl adjacent to an activating group) is 1. The number of hydrogen-bond donors (Lipinski definition) is 0. The second kappa shape index (κ2) is 3.15. The highest BCUT2D eigenvalue weighted by atomic mass is 32.1. The third-order valence-electron chi connectivity index (χ3n) is 2.86. The van der Waals surface area contributed by atoms with Gasteiger partial charge in [0.15, 0.2) is 0 Å². The molecule has 3 nitrogen and oxygen atoms in total. The van der Waals surface area contributed by atoms with Crippen LogP contribution in [0.1, 0.15) is 17.3 Å². The zero-order valence-electron chi connectivity index (χ0n) is 8.69. The van der Waals surface area contributed by atoms with E-state index in [-0.39, 0.29) is 5.78 Å². The summed E-state index contributed by atoms with van der Waals surface area (Å²) in [5.41, 5.74) is 1.30. The second-order valence-corrected chi connectivity index (χ2v) is 4.65. The Morgan fingerprint density at radius 2 is 2.12 bits per heavy atom. The van der Waals surface area contributed by atoms with Crippen LogP contribution in [-0.4, -0.2) is 18.2 Å². The summed E-state index contributed by atoms with van der Waals surface area (Å²) in [6.45, 7) is 2.41. The van der Waals surface area contributed by atoms with Crippen molar-refractivity contribution in [1.82, 2.24) is 0 Å². The topological polar surface area (TPSA) is 37.4 Å². The molecule has 0 aliphatic carbocycles. The highest BCUT2D eigenvalue weighted by Crippen LogP contribution is 2.34. The van der Waals surface area contributed by atoms with Crippen molar-refractivity contribution in [2.45, 2.75) is 6.92 Å². The molecule has 1 aliphatic heterocycles. The predicted octanol–water partition coefficient (Wildman–Crippen LogP) is 2.45.